The average molecular weight is 295 g/mol. The average Bonchev–Trinajstić information content (AvgIpc) is 2.36. The smallest absolute Gasteiger partial charge is 0.141 e. The lowest BCUT2D eigenvalue weighted by atomic mass is 10.0. The highest BCUT2D eigenvalue weighted by molar-refractivity contribution is 6.35. The zero-order valence-corrected chi connectivity index (χ0v) is 11.6. The second-order valence-electron chi connectivity index (χ2n) is 4.20. The predicted molar refractivity (Wildman–Crippen MR) is 77.5 cm³/mol. The van der Waals surface area contributed by atoms with E-state index in [1.807, 2.05) is 0 Å². The van der Waals surface area contributed by atoms with Gasteiger partial charge in [-0.15, -0.1) is 0 Å². The summed E-state index contributed by atoms with van der Waals surface area (Å²) in [6.45, 7) is 0. The molecule has 0 bridgehead atoms. The van der Waals surface area contributed by atoms with E-state index in [0.29, 0.717) is 15.7 Å². The first kappa shape index (κ1) is 13.8. The number of carbonyl (C=O) groups is 1. The lowest BCUT2D eigenvalue weighted by Gasteiger charge is -2.06. The zero-order chi connectivity index (χ0) is 13.8. The van der Waals surface area contributed by atoms with E-state index in [1.165, 1.54) is 0 Å². The Kier molecular flexibility index (Phi) is 4.40. The van der Waals surface area contributed by atoms with E-state index in [2.05, 4.69) is 4.98 Å². The lowest BCUT2D eigenvalue weighted by Crippen LogP contribution is -2.09. The van der Waals surface area contributed by atoms with Crippen molar-refractivity contribution in [1.29, 1.82) is 0 Å². The number of rotatable bonds is 4. The van der Waals surface area contributed by atoms with Gasteiger partial charge in [-0.3, -0.25) is 9.78 Å². The summed E-state index contributed by atoms with van der Waals surface area (Å²) in [4.78, 5) is 16.0. The van der Waals surface area contributed by atoms with Gasteiger partial charge in [0.25, 0.3) is 0 Å². The molecule has 0 unspecified atom stereocenters. The fourth-order valence-electron chi connectivity index (χ4n) is 1.74. The molecular formula is C14H12Cl2N2O. The maximum absolute atomic E-state index is 12.0. The SMILES string of the molecule is Nc1ccncc1CC(=O)Cc1ccc(Cl)cc1Cl. The van der Waals surface area contributed by atoms with Crippen molar-refractivity contribution in [3.05, 3.63) is 57.8 Å². The molecule has 0 saturated heterocycles. The first-order valence-electron chi connectivity index (χ1n) is 5.70. The van der Waals surface area contributed by atoms with Gasteiger partial charge < -0.3 is 5.73 Å². The summed E-state index contributed by atoms with van der Waals surface area (Å²) in [7, 11) is 0. The van der Waals surface area contributed by atoms with E-state index >= 15 is 0 Å². The normalized spacial score (nSPS) is 10.4. The van der Waals surface area contributed by atoms with Crippen molar-refractivity contribution in [2.45, 2.75) is 12.8 Å². The summed E-state index contributed by atoms with van der Waals surface area (Å²) >= 11 is 11.8. The second kappa shape index (κ2) is 6.04. The maximum Gasteiger partial charge on any atom is 0.141 e. The number of halogens is 2. The van der Waals surface area contributed by atoms with Gasteiger partial charge in [0.1, 0.15) is 5.78 Å². The van der Waals surface area contributed by atoms with Crippen molar-refractivity contribution in [1.82, 2.24) is 4.98 Å². The molecule has 1 heterocycles. The topological polar surface area (TPSA) is 56.0 Å². The van der Waals surface area contributed by atoms with Crippen molar-refractivity contribution in [3.8, 4) is 0 Å². The Morgan fingerprint density at radius 3 is 2.58 bits per heavy atom. The summed E-state index contributed by atoms with van der Waals surface area (Å²) < 4.78 is 0. The van der Waals surface area contributed by atoms with Crippen LogP contribution in [0.1, 0.15) is 11.1 Å². The molecule has 2 N–H and O–H groups in total. The molecule has 5 heteroatoms. The number of nitrogens with two attached hydrogens (primary N) is 1. The first-order valence-corrected chi connectivity index (χ1v) is 6.46. The van der Waals surface area contributed by atoms with Crippen molar-refractivity contribution >= 4 is 34.7 Å². The molecule has 0 aliphatic carbocycles. The monoisotopic (exact) mass is 294 g/mol. The molecule has 1 aromatic carbocycles. The number of anilines is 1. The number of Topliss-reactive ketones (excluding diaryl/α,β-unsaturated/α-hetero) is 1. The predicted octanol–water partition coefficient (Wildman–Crippen LogP) is 3.32. The van der Waals surface area contributed by atoms with Gasteiger partial charge in [-0.2, -0.15) is 0 Å². The number of aromatic nitrogens is 1. The molecule has 98 valence electrons. The van der Waals surface area contributed by atoms with Crippen LogP contribution in [0.4, 0.5) is 5.69 Å². The van der Waals surface area contributed by atoms with Gasteiger partial charge >= 0.3 is 0 Å². The second-order valence-corrected chi connectivity index (χ2v) is 5.05. The molecular weight excluding hydrogens is 283 g/mol. The highest BCUT2D eigenvalue weighted by Crippen LogP contribution is 2.22. The van der Waals surface area contributed by atoms with Crippen molar-refractivity contribution in [2.75, 3.05) is 5.73 Å². The van der Waals surface area contributed by atoms with Crippen molar-refractivity contribution in [2.24, 2.45) is 0 Å². The van der Waals surface area contributed by atoms with Crippen LogP contribution in [0, 0.1) is 0 Å². The molecule has 3 nitrogen and oxygen atoms in total. The molecule has 0 fully saturated rings. The van der Waals surface area contributed by atoms with E-state index in [9.17, 15) is 4.79 Å². The zero-order valence-electron chi connectivity index (χ0n) is 10.1. The minimum absolute atomic E-state index is 0.0314. The van der Waals surface area contributed by atoms with E-state index in [4.69, 9.17) is 28.9 Å². The van der Waals surface area contributed by atoms with Crippen LogP contribution in [0.15, 0.2) is 36.7 Å². The Balaban J connectivity index is 2.08. The quantitative estimate of drug-likeness (QED) is 0.941. The van der Waals surface area contributed by atoms with E-state index in [1.54, 1.807) is 36.7 Å². The Hall–Kier alpha value is -1.58. The van der Waals surface area contributed by atoms with Gasteiger partial charge in [-0.05, 0) is 23.8 Å². The fraction of sp³-hybridized carbons (Fsp3) is 0.143. The number of hydrogen-bond donors (Lipinski definition) is 1. The maximum atomic E-state index is 12.0. The van der Waals surface area contributed by atoms with Gasteiger partial charge in [0, 0.05) is 46.5 Å². The van der Waals surface area contributed by atoms with E-state index in [0.717, 1.165) is 11.1 Å². The third-order valence-corrected chi connectivity index (χ3v) is 3.32. The molecule has 2 aromatic rings. The van der Waals surface area contributed by atoms with Gasteiger partial charge in [0.05, 0.1) is 0 Å². The molecule has 0 spiro atoms. The number of nitrogen functional groups attached to an aromatic ring is 1. The number of carbonyl (C=O) groups excluding carboxylic acids is 1. The number of hydrogen-bond acceptors (Lipinski definition) is 3. The van der Waals surface area contributed by atoms with Crippen LogP contribution in [0.25, 0.3) is 0 Å². The lowest BCUT2D eigenvalue weighted by molar-refractivity contribution is -0.117. The molecule has 19 heavy (non-hydrogen) atoms. The fourth-order valence-corrected chi connectivity index (χ4v) is 2.21. The van der Waals surface area contributed by atoms with Gasteiger partial charge in [0.15, 0.2) is 0 Å². The van der Waals surface area contributed by atoms with Crippen LogP contribution >= 0.6 is 23.2 Å². The van der Waals surface area contributed by atoms with Crippen molar-refractivity contribution in [3.63, 3.8) is 0 Å². The molecule has 0 aliphatic heterocycles. The molecule has 0 aliphatic rings. The van der Waals surface area contributed by atoms with Crippen LogP contribution in [-0.2, 0) is 17.6 Å². The molecule has 1 aromatic heterocycles. The number of benzene rings is 1. The van der Waals surface area contributed by atoms with Crippen LogP contribution < -0.4 is 5.73 Å². The third kappa shape index (κ3) is 3.69. The Morgan fingerprint density at radius 1 is 1.16 bits per heavy atom. The standard InChI is InChI=1S/C14H12Cl2N2O/c15-11-2-1-9(13(16)7-11)5-12(19)6-10-8-18-4-3-14(10)17/h1-4,7-8H,5-6H2,(H2,17,18). The summed E-state index contributed by atoms with van der Waals surface area (Å²) in [6.07, 6.45) is 3.71. The summed E-state index contributed by atoms with van der Waals surface area (Å²) in [5.41, 5.74) is 7.85. The molecule has 0 radical (unpaired) electrons. The van der Waals surface area contributed by atoms with Gasteiger partial charge in [0.2, 0.25) is 0 Å². The minimum Gasteiger partial charge on any atom is -0.398 e. The number of nitrogens with zero attached hydrogens (tertiary/aromatic N) is 1. The van der Waals surface area contributed by atoms with Crippen LogP contribution in [-0.4, -0.2) is 10.8 Å². The highest BCUT2D eigenvalue weighted by atomic mass is 35.5. The van der Waals surface area contributed by atoms with Crippen LogP contribution in [0.3, 0.4) is 0 Å². The Bertz CT molecular complexity index is 614. The minimum atomic E-state index is 0.0314. The molecule has 0 amide bonds. The summed E-state index contributed by atoms with van der Waals surface area (Å²) in [6, 6.07) is 6.78. The number of pyridine rings is 1. The van der Waals surface area contributed by atoms with Crippen LogP contribution in [0.5, 0.6) is 0 Å². The third-order valence-electron chi connectivity index (χ3n) is 2.73. The Labute approximate surface area is 121 Å². The number of ketones is 1. The first-order chi connectivity index (χ1) is 9.06. The van der Waals surface area contributed by atoms with E-state index < -0.39 is 0 Å². The van der Waals surface area contributed by atoms with Gasteiger partial charge in [-0.25, -0.2) is 0 Å². The van der Waals surface area contributed by atoms with Crippen molar-refractivity contribution < 1.29 is 4.79 Å². The Morgan fingerprint density at radius 2 is 1.89 bits per heavy atom. The van der Waals surface area contributed by atoms with Gasteiger partial charge in [-0.1, -0.05) is 29.3 Å². The van der Waals surface area contributed by atoms with E-state index in [-0.39, 0.29) is 18.6 Å². The molecule has 2 rings (SSSR count). The van der Waals surface area contributed by atoms with Crippen LogP contribution in [0.2, 0.25) is 10.0 Å². The molecule has 0 saturated carbocycles. The largest absolute Gasteiger partial charge is 0.398 e. The highest BCUT2D eigenvalue weighted by Gasteiger charge is 2.10. The molecule has 0 atom stereocenters. The summed E-state index contributed by atoms with van der Waals surface area (Å²) in [5.74, 6) is 0.0314. The summed E-state index contributed by atoms with van der Waals surface area (Å²) in [5, 5.41) is 1.05.